The number of para-hydroxylation sites is 1. The van der Waals surface area contributed by atoms with Crippen LogP contribution in [0.2, 0.25) is 0 Å². The predicted octanol–water partition coefficient (Wildman–Crippen LogP) is 3.83. The van der Waals surface area contributed by atoms with Gasteiger partial charge in [0, 0.05) is 26.8 Å². The molecular weight excluding hydrogens is 368 g/mol. The number of hydrogen-bond acceptors (Lipinski definition) is 5. The third-order valence-electron chi connectivity index (χ3n) is 4.63. The maximum atomic E-state index is 4.69. The molecule has 0 saturated heterocycles. The van der Waals surface area contributed by atoms with E-state index in [1.54, 1.807) is 11.5 Å². The van der Waals surface area contributed by atoms with Crippen LogP contribution in [0.1, 0.15) is 0 Å². The van der Waals surface area contributed by atoms with Crippen molar-refractivity contribution < 1.29 is 4.07 Å². The van der Waals surface area contributed by atoms with Crippen LogP contribution >= 0.6 is 11.5 Å². The Hall–Kier alpha value is -3.71. The largest absolute Gasteiger partial charge is 0.271 e. The zero-order chi connectivity index (χ0) is 18.5. The number of rotatable bonds is 2. The van der Waals surface area contributed by atoms with Crippen molar-refractivity contribution in [1.29, 1.82) is 0 Å². The minimum absolute atomic E-state index is 0.622. The van der Waals surface area contributed by atoms with E-state index in [0.717, 1.165) is 38.0 Å². The van der Waals surface area contributed by atoms with E-state index < -0.39 is 0 Å². The molecule has 0 aliphatic rings. The van der Waals surface area contributed by atoms with Crippen molar-refractivity contribution in [2.75, 3.05) is 0 Å². The molecule has 7 heteroatoms. The first-order valence-electron chi connectivity index (χ1n) is 8.84. The Morgan fingerprint density at radius 3 is 2.68 bits per heavy atom. The smallest absolute Gasteiger partial charge is 0.234 e. The van der Waals surface area contributed by atoms with E-state index in [1.165, 1.54) is 0 Å². The Kier molecular flexibility index (Phi) is 3.24. The van der Waals surface area contributed by atoms with Gasteiger partial charge in [-0.3, -0.25) is 0 Å². The van der Waals surface area contributed by atoms with Crippen LogP contribution in [0.4, 0.5) is 0 Å². The highest BCUT2D eigenvalue weighted by Crippen LogP contribution is 2.20. The lowest BCUT2D eigenvalue weighted by atomic mass is 10.2. The molecule has 0 fully saturated rings. The molecule has 132 valence electrons. The van der Waals surface area contributed by atoms with Gasteiger partial charge in [-0.15, -0.1) is 0 Å². The number of fused-ring (bicyclic) bond motifs is 3. The summed E-state index contributed by atoms with van der Waals surface area (Å²) in [6.07, 6.45) is 3.81. The Morgan fingerprint density at radius 1 is 0.893 bits per heavy atom. The van der Waals surface area contributed by atoms with Crippen molar-refractivity contribution in [2.45, 2.75) is 0 Å². The quantitative estimate of drug-likeness (QED) is 0.428. The number of nitrogens with zero attached hydrogens (tertiary/aromatic N) is 6. The summed E-state index contributed by atoms with van der Waals surface area (Å²) in [6, 6.07) is 22.1. The lowest BCUT2D eigenvalue weighted by Crippen LogP contribution is -2.28. The summed E-state index contributed by atoms with van der Waals surface area (Å²) in [5, 5.41) is 10.4. The van der Waals surface area contributed by atoms with Gasteiger partial charge in [-0.1, -0.05) is 30.3 Å². The van der Waals surface area contributed by atoms with Gasteiger partial charge in [0.1, 0.15) is 16.6 Å². The average Bonchev–Trinajstić information content (AvgIpc) is 3.37. The Morgan fingerprint density at radius 2 is 1.75 bits per heavy atom. The SMILES string of the molecule is c1ccc2nc(-c3cc4ccc(-[n+]5nc6ccccc6s5)cn4n3)ncc2c1. The molecule has 4 aromatic heterocycles. The van der Waals surface area contributed by atoms with Crippen LogP contribution in [0.5, 0.6) is 0 Å². The van der Waals surface area contributed by atoms with Crippen LogP contribution in [-0.2, 0) is 0 Å². The summed E-state index contributed by atoms with van der Waals surface area (Å²) < 4.78 is 4.91. The normalized spacial score (nSPS) is 11.6. The van der Waals surface area contributed by atoms with E-state index in [1.807, 2.05) is 81.6 Å². The molecule has 6 rings (SSSR count). The molecule has 0 bridgehead atoms. The molecule has 0 radical (unpaired) electrons. The summed E-state index contributed by atoms with van der Waals surface area (Å²) >= 11 is 1.60. The van der Waals surface area contributed by atoms with Crippen molar-refractivity contribution in [2.24, 2.45) is 0 Å². The third kappa shape index (κ3) is 2.44. The molecule has 28 heavy (non-hydrogen) atoms. The molecule has 0 unspecified atom stereocenters. The Labute approximate surface area is 163 Å². The van der Waals surface area contributed by atoms with Gasteiger partial charge in [0.25, 0.3) is 5.69 Å². The third-order valence-corrected chi connectivity index (χ3v) is 5.64. The molecule has 0 aliphatic carbocycles. The lowest BCUT2D eigenvalue weighted by Gasteiger charge is -1.98. The fraction of sp³-hybridized carbons (Fsp3) is 0. The zero-order valence-electron chi connectivity index (χ0n) is 14.6. The first-order valence-corrected chi connectivity index (χ1v) is 9.61. The number of benzene rings is 2. The summed E-state index contributed by atoms with van der Waals surface area (Å²) in [7, 11) is 0. The average molecular weight is 381 g/mol. The minimum Gasteiger partial charge on any atom is -0.234 e. The second-order valence-corrected chi connectivity index (χ2v) is 7.44. The molecule has 6 aromatic rings. The topological polar surface area (TPSA) is 59.9 Å². The van der Waals surface area contributed by atoms with Gasteiger partial charge in [-0.2, -0.15) is 5.10 Å². The summed E-state index contributed by atoms with van der Waals surface area (Å²) in [5.74, 6) is 0.622. The van der Waals surface area contributed by atoms with Crippen LogP contribution in [0.25, 0.3) is 43.8 Å². The summed E-state index contributed by atoms with van der Waals surface area (Å²) in [4.78, 5) is 9.13. The number of aromatic nitrogens is 6. The van der Waals surface area contributed by atoms with Gasteiger partial charge in [-0.05, 0) is 30.3 Å². The standard InChI is InChI=1S/C21H13N6S/c1-2-6-17-14(5-1)12-22-21(23-17)19-11-15-9-10-16(13-26(15)24-19)27-25-18-7-3-4-8-20(18)28-27/h1-13H/q+1. The highest BCUT2D eigenvalue weighted by atomic mass is 32.1. The fourth-order valence-electron chi connectivity index (χ4n) is 3.23. The molecule has 0 amide bonds. The van der Waals surface area contributed by atoms with Crippen molar-refractivity contribution in [3.05, 3.63) is 79.1 Å². The lowest BCUT2D eigenvalue weighted by molar-refractivity contribution is -0.586. The van der Waals surface area contributed by atoms with Crippen LogP contribution in [0, 0.1) is 0 Å². The Bertz CT molecular complexity index is 1450. The molecular formula is C21H13N6S+. The molecule has 2 aromatic carbocycles. The monoisotopic (exact) mass is 381 g/mol. The second-order valence-electron chi connectivity index (χ2n) is 6.47. The van der Waals surface area contributed by atoms with Crippen LogP contribution in [0.15, 0.2) is 79.1 Å². The molecule has 0 aliphatic heterocycles. The highest BCUT2D eigenvalue weighted by molar-refractivity contribution is 7.09. The van der Waals surface area contributed by atoms with Crippen LogP contribution < -0.4 is 4.07 Å². The molecule has 4 heterocycles. The highest BCUT2D eigenvalue weighted by Gasteiger charge is 2.17. The van der Waals surface area contributed by atoms with E-state index >= 15 is 0 Å². The molecule has 0 N–H and O–H groups in total. The van der Waals surface area contributed by atoms with Gasteiger partial charge in [0.15, 0.2) is 22.9 Å². The van der Waals surface area contributed by atoms with Gasteiger partial charge < -0.3 is 0 Å². The van der Waals surface area contributed by atoms with Crippen LogP contribution in [0.3, 0.4) is 0 Å². The molecule has 6 nitrogen and oxygen atoms in total. The molecule has 0 saturated carbocycles. The van der Waals surface area contributed by atoms with Gasteiger partial charge in [-0.25, -0.2) is 14.5 Å². The van der Waals surface area contributed by atoms with Gasteiger partial charge in [0.2, 0.25) is 0 Å². The van der Waals surface area contributed by atoms with E-state index in [2.05, 4.69) is 26.2 Å². The zero-order valence-corrected chi connectivity index (χ0v) is 15.4. The van der Waals surface area contributed by atoms with E-state index in [-0.39, 0.29) is 0 Å². The van der Waals surface area contributed by atoms with E-state index in [9.17, 15) is 0 Å². The minimum atomic E-state index is 0.622. The maximum absolute atomic E-state index is 4.69. The first kappa shape index (κ1) is 15.4. The first-order chi connectivity index (χ1) is 13.8. The van der Waals surface area contributed by atoms with Gasteiger partial charge >= 0.3 is 0 Å². The van der Waals surface area contributed by atoms with Crippen molar-refractivity contribution in [3.63, 3.8) is 0 Å². The molecule has 0 spiro atoms. The van der Waals surface area contributed by atoms with Gasteiger partial charge in [0.05, 0.1) is 11.0 Å². The maximum Gasteiger partial charge on any atom is 0.271 e. The Balaban J connectivity index is 1.45. The van der Waals surface area contributed by atoms with Crippen molar-refractivity contribution >= 4 is 38.2 Å². The number of hydrogen-bond donors (Lipinski definition) is 0. The van der Waals surface area contributed by atoms with Crippen molar-refractivity contribution in [1.82, 2.24) is 24.7 Å². The fourth-order valence-corrected chi connectivity index (χ4v) is 4.10. The van der Waals surface area contributed by atoms with E-state index in [0.29, 0.717) is 5.82 Å². The second kappa shape index (κ2) is 5.90. The van der Waals surface area contributed by atoms with E-state index in [4.69, 9.17) is 0 Å². The van der Waals surface area contributed by atoms with Crippen molar-refractivity contribution in [3.8, 4) is 17.2 Å². The summed E-state index contributed by atoms with van der Waals surface area (Å²) in [6.45, 7) is 0. The summed E-state index contributed by atoms with van der Waals surface area (Å²) in [5.41, 5.74) is 4.59. The van der Waals surface area contributed by atoms with Crippen LogP contribution in [-0.4, -0.2) is 24.7 Å². The molecule has 0 atom stereocenters. The predicted molar refractivity (Wildman–Crippen MR) is 108 cm³/mol. The number of pyridine rings is 1.